The Bertz CT molecular complexity index is 726. The van der Waals surface area contributed by atoms with Crippen LogP contribution in [0.2, 0.25) is 0 Å². The fraction of sp³-hybridized carbons (Fsp3) is 0.500. The minimum atomic E-state index is 0.241. The molecule has 4 nitrogen and oxygen atoms in total. The quantitative estimate of drug-likeness (QED) is 0.678. The molecule has 2 aromatic rings. The SMILES string of the molecule is COc1cccc(-c2nc(CSCC(=O)N(C)C3CCCCC3)cs2)c1. The number of benzene rings is 1. The van der Waals surface area contributed by atoms with Crippen LogP contribution in [0.4, 0.5) is 0 Å². The van der Waals surface area contributed by atoms with E-state index in [4.69, 9.17) is 9.72 Å². The number of methoxy groups -OCH3 is 1. The van der Waals surface area contributed by atoms with E-state index in [0.29, 0.717) is 11.8 Å². The molecule has 1 heterocycles. The summed E-state index contributed by atoms with van der Waals surface area (Å²) in [5.41, 5.74) is 2.10. The molecule has 6 heteroatoms. The summed E-state index contributed by atoms with van der Waals surface area (Å²) in [7, 11) is 3.63. The molecule has 0 bridgehead atoms. The minimum Gasteiger partial charge on any atom is -0.497 e. The molecule has 1 fully saturated rings. The standard InChI is InChI=1S/C20H26N2O2S2/c1-22(17-8-4-3-5-9-17)19(23)14-25-12-16-13-26-20(21-16)15-7-6-10-18(11-15)24-2/h6-7,10-11,13,17H,3-5,8-9,12,14H2,1-2H3. The number of nitrogens with zero attached hydrogens (tertiary/aromatic N) is 2. The monoisotopic (exact) mass is 390 g/mol. The summed E-state index contributed by atoms with van der Waals surface area (Å²) < 4.78 is 5.28. The first-order chi connectivity index (χ1) is 12.7. The van der Waals surface area contributed by atoms with Crippen LogP contribution in [0.3, 0.4) is 0 Å². The number of thiazole rings is 1. The van der Waals surface area contributed by atoms with Crippen molar-refractivity contribution in [3.05, 3.63) is 35.3 Å². The molecule has 1 aromatic heterocycles. The van der Waals surface area contributed by atoms with Crippen LogP contribution >= 0.6 is 23.1 Å². The van der Waals surface area contributed by atoms with Gasteiger partial charge in [-0.1, -0.05) is 31.4 Å². The van der Waals surface area contributed by atoms with Crippen LogP contribution in [0.5, 0.6) is 5.75 Å². The van der Waals surface area contributed by atoms with Gasteiger partial charge < -0.3 is 9.64 Å². The third kappa shape index (κ3) is 5.01. The Morgan fingerprint density at radius 3 is 2.92 bits per heavy atom. The highest BCUT2D eigenvalue weighted by molar-refractivity contribution is 7.99. The predicted octanol–water partition coefficient (Wildman–Crippen LogP) is 4.84. The molecule has 1 saturated carbocycles. The zero-order valence-corrected chi connectivity index (χ0v) is 17.1. The van der Waals surface area contributed by atoms with E-state index in [2.05, 4.69) is 5.38 Å². The van der Waals surface area contributed by atoms with Gasteiger partial charge in [0.15, 0.2) is 0 Å². The molecule has 140 valence electrons. The number of hydrogen-bond acceptors (Lipinski definition) is 5. The predicted molar refractivity (Wildman–Crippen MR) is 110 cm³/mol. The van der Waals surface area contributed by atoms with Crippen molar-refractivity contribution in [2.75, 3.05) is 19.9 Å². The largest absolute Gasteiger partial charge is 0.497 e. The van der Waals surface area contributed by atoms with Gasteiger partial charge in [-0.2, -0.15) is 0 Å². The van der Waals surface area contributed by atoms with Gasteiger partial charge in [-0.3, -0.25) is 4.79 Å². The molecule has 0 aliphatic heterocycles. The third-order valence-electron chi connectivity index (χ3n) is 4.86. The summed E-state index contributed by atoms with van der Waals surface area (Å²) >= 11 is 3.29. The Kier molecular flexibility index (Phi) is 6.97. The molecule has 1 aromatic carbocycles. The van der Waals surface area contributed by atoms with Crippen LogP contribution in [0.15, 0.2) is 29.6 Å². The number of carbonyl (C=O) groups excluding carboxylic acids is 1. The normalized spacial score (nSPS) is 15.0. The maximum Gasteiger partial charge on any atom is 0.232 e. The van der Waals surface area contributed by atoms with Crippen LogP contribution < -0.4 is 4.74 Å². The van der Waals surface area contributed by atoms with Gasteiger partial charge in [0, 0.05) is 29.8 Å². The zero-order chi connectivity index (χ0) is 18.4. The van der Waals surface area contributed by atoms with Gasteiger partial charge in [0.05, 0.1) is 18.6 Å². The lowest BCUT2D eigenvalue weighted by atomic mass is 9.94. The van der Waals surface area contributed by atoms with Gasteiger partial charge in [0.25, 0.3) is 0 Å². The summed E-state index contributed by atoms with van der Waals surface area (Å²) in [5.74, 6) is 2.37. The summed E-state index contributed by atoms with van der Waals surface area (Å²) in [6, 6.07) is 8.39. The summed E-state index contributed by atoms with van der Waals surface area (Å²) in [6.07, 6.45) is 6.13. The maximum absolute atomic E-state index is 12.4. The third-order valence-corrected chi connectivity index (χ3v) is 6.75. The van der Waals surface area contributed by atoms with Crippen molar-refractivity contribution < 1.29 is 9.53 Å². The molecule has 0 N–H and O–H groups in total. The Balaban J connectivity index is 1.49. The molecule has 0 saturated heterocycles. The van der Waals surface area contributed by atoms with Gasteiger partial charge in [0.1, 0.15) is 10.8 Å². The smallest absolute Gasteiger partial charge is 0.232 e. The maximum atomic E-state index is 12.4. The van der Waals surface area contributed by atoms with E-state index >= 15 is 0 Å². The highest BCUT2D eigenvalue weighted by atomic mass is 32.2. The number of thioether (sulfide) groups is 1. The highest BCUT2D eigenvalue weighted by Crippen LogP contribution is 2.28. The lowest BCUT2D eigenvalue weighted by Gasteiger charge is -2.31. The Labute approximate surface area is 164 Å². The average molecular weight is 391 g/mol. The summed E-state index contributed by atoms with van der Waals surface area (Å²) in [5, 5.41) is 3.07. The second-order valence-corrected chi connectivity index (χ2v) is 8.51. The van der Waals surface area contributed by atoms with Crippen molar-refractivity contribution >= 4 is 29.0 Å². The zero-order valence-electron chi connectivity index (χ0n) is 15.4. The van der Waals surface area contributed by atoms with Gasteiger partial charge in [0.2, 0.25) is 5.91 Å². The van der Waals surface area contributed by atoms with E-state index in [0.717, 1.165) is 40.6 Å². The van der Waals surface area contributed by atoms with Crippen molar-refractivity contribution in [1.82, 2.24) is 9.88 Å². The first kappa shape index (κ1) is 19.2. The van der Waals surface area contributed by atoms with Crippen LogP contribution in [0, 0.1) is 0 Å². The molecule has 0 spiro atoms. The lowest BCUT2D eigenvalue weighted by molar-refractivity contribution is -0.129. The average Bonchev–Trinajstić information content (AvgIpc) is 3.17. The second-order valence-electron chi connectivity index (χ2n) is 6.67. The van der Waals surface area contributed by atoms with E-state index in [9.17, 15) is 4.79 Å². The van der Waals surface area contributed by atoms with Crippen LogP contribution in [-0.4, -0.2) is 41.7 Å². The molecule has 3 rings (SSSR count). The lowest BCUT2D eigenvalue weighted by Crippen LogP contribution is -2.39. The summed E-state index contributed by atoms with van der Waals surface area (Å²) in [6.45, 7) is 0. The molecule has 0 unspecified atom stereocenters. The minimum absolute atomic E-state index is 0.241. The van der Waals surface area contributed by atoms with Crippen LogP contribution in [0.1, 0.15) is 37.8 Å². The van der Waals surface area contributed by atoms with Crippen molar-refractivity contribution in [2.45, 2.75) is 43.9 Å². The van der Waals surface area contributed by atoms with E-state index in [1.807, 2.05) is 36.2 Å². The van der Waals surface area contributed by atoms with Gasteiger partial charge in [-0.25, -0.2) is 4.98 Å². The van der Waals surface area contributed by atoms with Gasteiger partial charge in [-0.05, 0) is 25.0 Å². The molecule has 1 aliphatic carbocycles. The molecule has 0 atom stereocenters. The van der Waals surface area contributed by atoms with Crippen molar-refractivity contribution in [1.29, 1.82) is 0 Å². The fourth-order valence-electron chi connectivity index (χ4n) is 3.28. The van der Waals surface area contributed by atoms with Crippen LogP contribution in [0.25, 0.3) is 10.6 Å². The molecule has 26 heavy (non-hydrogen) atoms. The Morgan fingerprint density at radius 2 is 2.15 bits per heavy atom. The van der Waals surface area contributed by atoms with E-state index in [1.54, 1.807) is 30.2 Å². The number of carbonyl (C=O) groups is 1. The molecule has 1 aliphatic rings. The topological polar surface area (TPSA) is 42.4 Å². The first-order valence-electron chi connectivity index (χ1n) is 9.09. The number of hydrogen-bond donors (Lipinski definition) is 0. The second kappa shape index (κ2) is 9.42. The van der Waals surface area contributed by atoms with E-state index in [-0.39, 0.29) is 5.91 Å². The number of aromatic nitrogens is 1. The number of amides is 1. The number of ether oxygens (including phenoxy) is 1. The van der Waals surface area contributed by atoms with Crippen molar-refractivity contribution in [2.24, 2.45) is 0 Å². The Hall–Kier alpha value is -1.53. The fourth-order valence-corrected chi connectivity index (χ4v) is 5.04. The van der Waals surface area contributed by atoms with Gasteiger partial charge in [-0.15, -0.1) is 23.1 Å². The van der Waals surface area contributed by atoms with Crippen molar-refractivity contribution in [3.63, 3.8) is 0 Å². The highest BCUT2D eigenvalue weighted by Gasteiger charge is 2.21. The first-order valence-corrected chi connectivity index (χ1v) is 11.1. The molecular weight excluding hydrogens is 364 g/mol. The molecule has 0 radical (unpaired) electrons. The van der Waals surface area contributed by atoms with E-state index < -0.39 is 0 Å². The van der Waals surface area contributed by atoms with E-state index in [1.165, 1.54) is 19.3 Å². The van der Waals surface area contributed by atoms with Crippen molar-refractivity contribution in [3.8, 4) is 16.3 Å². The Morgan fingerprint density at radius 1 is 1.35 bits per heavy atom. The molecular formula is C20H26N2O2S2. The van der Waals surface area contributed by atoms with Crippen LogP contribution in [-0.2, 0) is 10.5 Å². The molecule has 1 amide bonds. The van der Waals surface area contributed by atoms with Gasteiger partial charge >= 0.3 is 0 Å². The number of rotatable bonds is 7. The summed E-state index contributed by atoms with van der Waals surface area (Å²) in [4.78, 5) is 19.1.